The van der Waals surface area contributed by atoms with Crippen LogP contribution in [-0.4, -0.2) is 29.5 Å². The average Bonchev–Trinajstić information content (AvgIpc) is 3.01. The number of rotatable bonds is 3. The van der Waals surface area contributed by atoms with E-state index in [0.717, 1.165) is 36.3 Å². The number of nitrogens with one attached hydrogen (secondary N) is 2. The monoisotopic (exact) mass is 387 g/mol. The highest BCUT2D eigenvalue weighted by Gasteiger charge is 2.21. The zero-order chi connectivity index (χ0) is 15.5. The fraction of sp³-hybridized carbons (Fsp3) is 0.412. The van der Waals surface area contributed by atoms with E-state index in [2.05, 4.69) is 27.9 Å². The maximum absolute atomic E-state index is 12.5. The third-order valence-corrected chi connectivity index (χ3v) is 4.79. The van der Waals surface area contributed by atoms with E-state index in [-0.39, 0.29) is 36.8 Å². The average molecular weight is 388 g/mol. The lowest BCUT2D eigenvalue weighted by atomic mass is 10.00. The molecule has 3 heterocycles. The Bertz CT molecular complexity index is 664. The van der Waals surface area contributed by atoms with E-state index in [4.69, 9.17) is 0 Å². The van der Waals surface area contributed by atoms with E-state index in [0.29, 0.717) is 11.6 Å². The lowest BCUT2D eigenvalue weighted by molar-refractivity contribution is 0.0924. The largest absolute Gasteiger partial charge is 0.349 e. The summed E-state index contributed by atoms with van der Waals surface area (Å²) >= 11 is 1.65. The van der Waals surface area contributed by atoms with Crippen LogP contribution >= 0.6 is 36.2 Å². The standard InChI is InChI=1S/C17H21N3OS.2ClH/c1-11-9-14(5-7-18-11)20-17(21)15-3-4-16(19-12(15)2)13-6-8-22-10-13;;/h3-4,6,8,10-11,14,18H,5,7,9H2,1-2H3,(H,20,21);2*1H. The van der Waals surface area contributed by atoms with Crippen molar-refractivity contribution in [2.75, 3.05) is 6.54 Å². The molecule has 2 atom stereocenters. The Balaban J connectivity index is 0.00000144. The van der Waals surface area contributed by atoms with Crippen molar-refractivity contribution in [1.29, 1.82) is 0 Å². The minimum Gasteiger partial charge on any atom is -0.349 e. The highest BCUT2D eigenvalue weighted by Crippen LogP contribution is 2.21. The van der Waals surface area contributed by atoms with E-state index in [1.807, 2.05) is 30.5 Å². The lowest BCUT2D eigenvalue weighted by Gasteiger charge is -2.28. The molecule has 0 aliphatic carbocycles. The number of piperidine rings is 1. The lowest BCUT2D eigenvalue weighted by Crippen LogP contribution is -2.46. The smallest absolute Gasteiger partial charge is 0.253 e. The van der Waals surface area contributed by atoms with Crippen molar-refractivity contribution >= 4 is 42.1 Å². The first kappa shape index (κ1) is 20.9. The molecule has 2 unspecified atom stereocenters. The molecule has 2 aromatic heterocycles. The van der Waals surface area contributed by atoms with Gasteiger partial charge in [-0.15, -0.1) is 24.8 Å². The van der Waals surface area contributed by atoms with E-state index < -0.39 is 0 Å². The minimum absolute atomic E-state index is 0. The summed E-state index contributed by atoms with van der Waals surface area (Å²) in [5.74, 6) is -0.0130. The molecule has 1 fully saturated rings. The van der Waals surface area contributed by atoms with Gasteiger partial charge in [0.2, 0.25) is 0 Å². The van der Waals surface area contributed by atoms with Crippen LogP contribution in [0.25, 0.3) is 11.3 Å². The Labute approximate surface area is 159 Å². The number of carbonyl (C=O) groups excluding carboxylic acids is 1. The predicted octanol–water partition coefficient (Wildman–Crippen LogP) is 3.83. The highest BCUT2D eigenvalue weighted by atomic mass is 35.5. The number of pyridine rings is 1. The van der Waals surface area contributed by atoms with Crippen LogP contribution in [0.2, 0.25) is 0 Å². The fourth-order valence-electron chi connectivity index (χ4n) is 2.90. The zero-order valence-electron chi connectivity index (χ0n) is 13.7. The molecule has 1 aliphatic heterocycles. The van der Waals surface area contributed by atoms with Crippen LogP contribution in [0.3, 0.4) is 0 Å². The third-order valence-electron chi connectivity index (χ3n) is 4.11. The van der Waals surface area contributed by atoms with Crippen molar-refractivity contribution in [3.05, 3.63) is 40.2 Å². The van der Waals surface area contributed by atoms with Gasteiger partial charge in [0, 0.05) is 23.0 Å². The molecule has 1 saturated heterocycles. The van der Waals surface area contributed by atoms with E-state index in [9.17, 15) is 4.79 Å². The quantitative estimate of drug-likeness (QED) is 0.840. The summed E-state index contributed by atoms with van der Waals surface area (Å²) < 4.78 is 0. The van der Waals surface area contributed by atoms with Gasteiger partial charge in [0.05, 0.1) is 17.0 Å². The van der Waals surface area contributed by atoms with Gasteiger partial charge in [0.1, 0.15) is 0 Å². The Hall–Kier alpha value is -1.14. The summed E-state index contributed by atoms with van der Waals surface area (Å²) in [6.45, 7) is 5.01. The van der Waals surface area contributed by atoms with Crippen molar-refractivity contribution < 1.29 is 4.79 Å². The molecule has 4 nitrogen and oxygen atoms in total. The summed E-state index contributed by atoms with van der Waals surface area (Å²) in [4.78, 5) is 17.0. The number of carbonyl (C=O) groups is 1. The second-order valence-corrected chi connectivity index (χ2v) is 6.67. The first-order chi connectivity index (χ1) is 10.6. The summed E-state index contributed by atoms with van der Waals surface area (Å²) in [7, 11) is 0. The molecular formula is C17H23Cl2N3OS. The van der Waals surface area contributed by atoms with Gasteiger partial charge in [0.25, 0.3) is 5.91 Å². The van der Waals surface area contributed by atoms with Gasteiger partial charge < -0.3 is 10.6 Å². The van der Waals surface area contributed by atoms with Gasteiger partial charge in [-0.25, -0.2) is 0 Å². The molecule has 2 aromatic rings. The number of hydrogen-bond donors (Lipinski definition) is 2. The van der Waals surface area contributed by atoms with Gasteiger partial charge in [-0.05, 0) is 56.8 Å². The molecule has 0 bridgehead atoms. The maximum Gasteiger partial charge on any atom is 0.253 e. The molecule has 0 spiro atoms. The minimum atomic E-state index is -0.0130. The Morgan fingerprint density at radius 2 is 2.12 bits per heavy atom. The van der Waals surface area contributed by atoms with Crippen molar-refractivity contribution in [1.82, 2.24) is 15.6 Å². The zero-order valence-corrected chi connectivity index (χ0v) is 16.2. The maximum atomic E-state index is 12.5. The Kier molecular flexibility index (Phi) is 8.16. The van der Waals surface area contributed by atoms with Crippen LogP contribution < -0.4 is 10.6 Å². The number of aromatic nitrogens is 1. The van der Waals surface area contributed by atoms with Crippen LogP contribution in [0.1, 0.15) is 35.8 Å². The molecule has 0 aromatic carbocycles. The van der Waals surface area contributed by atoms with Gasteiger partial charge in [-0.1, -0.05) is 0 Å². The predicted molar refractivity (Wildman–Crippen MR) is 105 cm³/mol. The topological polar surface area (TPSA) is 54.0 Å². The molecule has 0 saturated carbocycles. The van der Waals surface area contributed by atoms with Crippen molar-refractivity contribution in [2.24, 2.45) is 0 Å². The van der Waals surface area contributed by atoms with Crippen LogP contribution in [0.15, 0.2) is 29.0 Å². The molecule has 24 heavy (non-hydrogen) atoms. The summed E-state index contributed by atoms with van der Waals surface area (Å²) in [5, 5.41) is 10.6. The van der Waals surface area contributed by atoms with Crippen LogP contribution in [0, 0.1) is 6.92 Å². The van der Waals surface area contributed by atoms with Crippen LogP contribution in [0.4, 0.5) is 0 Å². The molecule has 7 heteroatoms. The molecule has 1 amide bonds. The molecule has 1 aliphatic rings. The number of hydrogen-bond acceptors (Lipinski definition) is 4. The second-order valence-electron chi connectivity index (χ2n) is 5.89. The number of aryl methyl sites for hydroxylation is 1. The highest BCUT2D eigenvalue weighted by molar-refractivity contribution is 7.08. The van der Waals surface area contributed by atoms with Crippen molar-refractivity contribution in [3.8, 4) is 11.3 Å². The van der Waals surface area contributed by atoms with Gasteiger partial charge in [-0.2, -0.15) is 11.3 Å². The Morgan fingerprint density at radius 1 is 1.33 bits per heavy atom. The van der Waals surface area contributed by atoms with E-state index in [1.165, 1.54) is 0 Å². The Morgan fingerprint density at radius 3 is 2.75 bits per heavy atom. The van der Waals surface area contributed by atoms with Gasteiger partial charge in [0.15, 0.2) is 0 Å². The van der Waals surface area contributed by atoms with Gasteiger partial charge >= 0.3 is 0 Å². The number of halogens is 2. The molecule has 132 valence electrons. The summed E-state index contributed by atoms with van der Waals surface area (Å²) in [5.41, 5.74) is 3.48. The van der Waals surface area contributed by atoms with Crippen molar-refractivity contribution in [2.45, 2.75) is 38.8 Å². The summed E-state index contributed by atoms with van der Waals surface area (Å²) in [6.07, 6.45) is 1.96. The van der Waals surface area contributed by atoms with Crippen LogP contribution in [-0.2, 0) is 0 Å². The summed E-state index contributed by atoms with van der Waals surface area (Å²) in [6, 6.07) is 6.56. The third kappa shape index (κ3) is 4.93. The molecular weight excluding hydrogens is 365 g/mol. The first-order valence-electron chi connectivity index (χ1n) is 7.68. The normalized spacial score (nSPS) is 19.8. The van der Waals surface area contributed by atoms with Crippen molar-refractivity contribution in [3.63, 3.8) is 0 Å². The molecule has 2 N–H and O–H groups in total. The van der Waals surface area contributed by atoms with E-state index in [1.54, 1.807) is 11.3 Å². The fourth-order valence-corrected chi connectivity index (χ4v) is 3.55. The SMILES string of the molecule is Cc1nc(-c2ccsc2)ccc1C(=O)NC1CCNC(C)C1.Cl.Cl. The van der Waals surface area contributed by atoms with E-state index >= 15 is 0 Å². The van der Waals surface area contributed by atoms with Crippen LogP contribution in [0.5, 0.6) is 0 Å². The number of nitrogens with zero attached hydrogens (tertiary/aromatic N) is 1. The number of thiophene rings is 1. The number of amides is 1. The van der Waals surface area contributed by atoms with Gasteiger partial charge in [-0.3, -0.25) is 9.78 Å². The molecule has 3 rings (SSSR count). The first-order valence-corrected chi connectivity index (χ1v) is 8.62. The molecule has 0 radical (unpaired) electrons. The second kappa shape index (κ2) is 9.37.